The van der Waals surface area contributed by atoms with E-state index in [1.165, 1.54) is 19.3 Å². The van der Waals surface area contributed by atoms with Crippen molar-refractivity contribution in [3.05, 3.63) is 65.2 Å². The third-order valence-electron chi connectivity index (χ3n) is 6.73. The van der Waals surface area contributed by atoms with E-state index in [4.69, 9.17) is 4.84 Å². The number of fused-ring (bicyclic) bond motifs is 2. The summed E-state index contributed by atoms with van der Waals surface area (Å²) in [5.74, 6) is 0.502. The molecule has 1 N–H and O–H groups in total. The first kappa shape index (κ1) is 24.4. The van der Waals surface area contributed by atoms with Gasteiger partial charge in [0.25, 0.3) is 5.91 Å². The van der Waals surface area contributed by atoms with Crippen molar-refractivity contribution in [1.82, 2.24) is 15.1 Å². The molecular formula is C27H33N5O3. The van der Waals surface area contributed by atoms with E-state index in [-0.39, 0.29) is 25.8 Å². The van der Waals surface area contributed by atoms with Gasteiger partial charge in [0.15, 0.2) is 6.61 Å². The van der Waals surface area contributed by atoms with E-state index in [9.17, 15) is 9.59 Å². The molecule has 2 aliphatic heterocycles. The van der Waals surface area contributed by atoms with Crippen LogP contribution in [0.15, 0.2) is 58.7 Å². The van der Waals surface area contributed by atoms with Crippen LogP contribution < -0.4 is 5.32 Å². The Morgan fingerprint density at radius 3 is 2.66 bits per heavy atom. The summed E-state index contributed by atoms with van der Waals surface area (Å²) in [6.45, 7) is 0.805. The van der Waals surface area contributed by atoms with E-state index in [1.54, 1.807) is 0 Å². The van der Waals surface area contributed by atoms with E-state index < -0.39 is 0 Å². The van der Waals surface area contributed by atoms with Gasteiger partial charge < -0.3 is 14.6 Å². The Morgan fingerprint density at radius 1 is 1.11 bits per heavy atom. The fourth-order valence-corrected chi connectivity index (χ4v) is 4.80. The summed E-state index contributed by atoms with van der Waals surface area (Å²) < 4.78 is 0. The molecule has 2 heterocycles. The molecule has 184 valence electrons. The molecule has 2 aromatic rings. The van der Waals surface area contributed by atoms with Gasteiger partial charge in [-0.3, -0.25) is 14.9 Å². The van der Waals surface area contributed by atoms with Gasteiger partial charge in [-0.05, 0) is 30.5 Å². The molecule has 0 atom stereocenters. The average Bonchev–Trinajstić information content (AvgIpc) is 3.24. The first-order valence-corrected chi connectivity index (χ1v) is 11.9. The molecule has 2 amide bonds. The first-order chi connectivity index (χ1) is 16.6. The van der Waals surface area contributed by atoms with Gasteiger partial charge in [-0.15, -0.1) is 0 Å². The molecule has 35 heavy (non-hydrogen) atoms. The standard InChI is InChI=1S/C26H29N5O3.CH4/c1-30(21-10-6-3-7-11-21)24(33)17-34-29-25(18-8-4-2-5-9-18)19-12-13-22-20(14-19)15-31-16-23(32)28-26(31)27-22;/h2,4-5,8-9,12-14,21H,3,6-7,10-11,15-17H2,1H3,(H,27,28,32);1H4/b29-25+;. The maximum atomic E-state index is 12.7. The number of aliphatic imine (C=N–C) groups is 1. The number of nitrogens with one attached hydrogen (secondary N) is 1. The summed E-state index contributed by atoms with van der Waals surface area (Å²) in [6.07, 6.45) is 5.70. The minimum Gasteiger partial charge on any atom is -0.385 e. The topological polar surface area (TPSA) is 86.6 Å². The second-order valence-corrected chi connectivity index (χ2v) is 9.06. The lowest BCUT2D eigenvalue weighted by Crippen LogP contribution is -2.40. The number of amides is 2. The van der Waals surface area contributed by atoms with Gasteiger partial charge in [0.05, 0.1) is 5.69 Å². The van der Waals surface area contributed by atoms with E-state index in [0.29, 0.717) is 30.8 Å². The molecule has 1 aliphatic carbocycles. The molecule has 3 aliphatic rings. The zero-order valence-corrected chi connectivity index (χ0v) is 19.4. The Morgan fingerprint density at radius 2 is 1.89 bits per heavy atom. The summed E-state index contributed by atoms with van der Waals surface area (Å²) in [4.78, 5) is 38.4. The smallest absolute Gasteiger partial charge is 0.263 e. The van der Waals surface area contributed by atoms with Crippen LogP contribution in [0.25, 0.3) is 0 Å². The molecule has 0 bridgehead atoms. The minimum atomic E-state index is -0.0938. The monoisotopic (exact) mass is 475 g/mol. The zero-order chi connectivity index (χ0) is 23.5. The number of hydrogen-bond acceptors (Lipinski definition) is 6. The summed E-state index contributed by atoms with van der Waals surface area (Å²) in [6, 6.07) is 16.0. The Bertz CT molecular complexity index is 1140. The quantitative estimate of drug-likeness (QED) is 0.508. The average molecular weight is 476 g/mol. The number of carbonyl (C=O) groups excluding carboxylic acids is 2. The summed E-state index contributed by atoms with van der Waals surface area (Å²) in [5.41, 5.74) is 4.26. The molecule has 5 rings (SSSR count). The molecule has 0 unspecified atom stereocenters. The number of guanidine groups is 1. The summed E-state index contributed by atoms with van der Waals surface area (Å²) >= 11 is 0. The fraction of sp³-hybridized carbons (Fsp3) is 0.407. The van der Waals surface area contributed by atoms with Crippen LogP contribution in [0.2, 0.25) is 0 Å². The SMILES string of the molecule is C.CN(C(=O)CO/N=C(\c1ccccc1)c1ccc2c(c1)CN1CC(=O)NC1=N2)C1CCCCC1. The normalized spacial score (nSPS) is 17.5. The van der Waals surface area contributed by atoms with Crippen molar-refractivity contribution in [3.8, 4) is 0 Å². The third kappa shape index (κ3) is 5.37. The van der Waals surface area contributed by atoms with Crippen LogP contribution in [0.4, 0.5) is 5.69 Å². The lowest BCUT2D eigenvalue weighted by atomic mass is 9.94. The van der Waals surface area contributed by atoms with Crippen molar-refractivity contribution in [2.45, 2.75) is 52.1 Å². The molecule has 8 heteroatoms. The minimum absolute atomic E-state index is 0. The van der Waals surface area contributed by atoms with Gasteiger partial charge in [-0.1, -0.05) is 68.2 Å². The van der Waals surface area contributed by atoms with E-state index in [2.05, 4.69) is 15.5 Å². The molecule has 0 aromatic heterocycles. The number of hydrogen-bond donors (Lipinski definition) is 1. The number of likely N-dealkylation sites (N-methyl/N-ethyl adjacent to an activating group) is 1. The van der Waals surface area contributed by atoms with Crippen LogP contribution >= 0.6 is 0 Å². The Balaban J connectivity index is 0.00000289. The van der Waals surface area contributed by atoms with Crippen molar-refractivity contribution in [1.29, 1.82) is 0 Å². The highest BCUT2D eigenvalue weighted by Gasteiger charge is 2.29. The molecule has 1 saturated heterocycles. The van der Waals surface area contributed by atoms with Gasteiger partial charge in [0, 0.05) is 30.8 Å². The number of rotatable bonds is 6. The fourth-order valence-electron chi connectivity index (χ4n) is 4.80. The Kier molecular flexibility index (Phi) is 7.48. The van der Waals surface area contributed by atoms with Crippen LogP contribution in [-0.2, 0) is 21.0 Å². The number of oxime groups is 1. The maximum absolute atomic E-state index is 12.7. The second-order valence-electron chi connectivity index (χ2n) is 9.06. The van der Waals surface area contributed by atoms with E-state index in [1.807, 2.05) is 65.4 Å². The summed E-state index contributed by atoms with van der Waals surface area (Å²) in [5, 5.41) is 7.20. The van der Waals surface area contributed by atoms with Gasteiger partial charge in [0.1, 0.15) is 12.3 Å². The van der Waals surface area contributed by atoms with Gasteiger partial charge in [-0.25, -0.2) is 4.99 Å². The molecule has 0 radical (unpaired) electrons. The van der Waals surface area contributed by atoms with Crippen LogP contribution in [0.1, 0.15) is 56.2 Å². The molecule has 2 fully saturated rings. The largest absolute Gasteiger partial charge is 0.385 e. The highest BCUT2D eigenvalue weighted by molar-refractivity contribution is 6.13. The molecule has 1 saturated carbocycles. The zero-order valence-electron chi connectivity index (χ0n) is 19.4. The second kappa shape index (κ2) is 10.7. The van der Waals surface area contributed by atoms with Crippen LogP contribution in [-0.4, -0.2) is 59.5 Å². The van der Waals surface area contributed by atoms with Gasteiger partial charge in [0.2, 0.25) is 11.9 Å². The maximum Gasteiger partial charge on any atom is 0.263 e. The van der Waals surface area contributed by atoms with Crippen molar-refractivity contribution in [2.75, 3.05) is 20.2 Å². The molecule has 2 aromatic carbocycles. The Hall–Kier alpha value is -3.68. The first-order valence-electron chi connectivity index (χ1n) is 11.9. The van der Waals surface area contributed by atoms with Crippen molar-refractivity contribution in [2.24, 2.45) is 10.1 Å². The molecule has 0 spiro atoms. The number of nitrogens with zero attached hydrogens (tertiary/aromatic N) is 4. The van der Waals surface area contributed by atoms with Gasteiger partial charge >= 0.3 is 0 Å². The predicted molar refractivity (Wildman–Crippen MR) is 136 cm³/mol. The summed E-state index contributed by atoms with van der Waals surface area (Å²) in [7, 11) is 1.86. The van der Waals surface area contributed by atoms with Crippen LogP contribution in [0.3, 0.4) is 0 Å². The Labute approximate surface area is 206 Å². The van der Waals surface area contributed by atoms with Gasteiger partial charge in [-0.2, -0.15) is 0 Å². The highest BCUT2D eigenvalue weighted by atomic mass is 16.6. The lowest BCUT2D eigenvalue weighted by Gasteiger charge is -2.30. The lowest BCUT2D eigenvalue weighted by molar-refractivity contribution is -0.137. The number of benzene rings is 2. The van der Waals surface area contributed by atoms with E-state index >= 15 is 0 Å². The van der Waals surface area contributed by atoms with Crippen molar-refractivity contribution < 1.29 is 14.4 Å². The molecular weight excluding hydrogens is 442 g/mol. The van der Waals surface area contributed by atoms with Crippen LogP contribution in [0, 0.1) is 0 Å². The number of carbonyl (C=O) groups is 2. The predicted octanol–water partition coefficient (Wildman–Crippen LogP) is 3.82. The third-order valence-corrected chi connectivity index (χ3v) is 6.73. The molecule has 8 nitrogen and oxygen atoms in total. The van der Waals surface area contributed by atoms with Crippen molar-refractivity contribution in [3.63, 3.8) is 0 Å². The van der Waals surface area contributed by atoms with E-state index in [0.717, 1.165) is 35.2 Å². The van der Waals surface area contributed by atoms with Crippen molar-refractivity contribution >= 4 is 29.2 Å². The highest BCUT2D eigenvalue weighted by Crippen LogP contribution is 2.29. The van der Waals surface area contributed by atoms with Crippen LogP contribution in [0.5, 0.6) is 0 Å².